The quantitative estimate of drug-likeness (QED) is 0.278. The second kappa shape index (κ2) is 7.34. The molecule has 0 amide bonds. The molecule has 0 atom stereocenters. The fourth-order valence-electron chi connectivity index (χ4n) is 0. The molecule has 0 saturated carbocycles. The van der Waals surface area contributed by atoms with Crippen LogP contribution in [-0.2, 0) is 9.59 Å². The van der Waals surface area contributed by atoms with Gasteiger partial charge in [0.05, 0.1) is 11.9 Å². The molecule has 0 spiro atoms. The van der Waals surface area contributed by atoms with E-state index in [4.69, 9.17) is 20.4 Å². The third-order valence-electron chi connectivity index (χ3n) is 0.773. The van der Waals surface area contributed by atoms with Gasteiger partial charge in [-0.15, -0.1) is 0 Å². The van der Waals surface area contributed by atoms with E-state index in [2.05, 4.69) is 0 Å². The topological polar surface area (TPSA) is 161 Å². The van der Waals surface area contributed by atoms with Gasteiger partial charge in [-0.2, -0.15) is 0 Å². The molecule has 0 aliphatic rings. The maximum atomic E-state index is 9.41. The minimum Gasteiger partial charge on any atom is -0.544 e. The van der Waals surface area contributed by atoms with Gasteiger partial charge in [-0.3, -0.25) is 0 Å². The molecule has 0 saturated heterocycles. The first-order chi connectivity index (χ1) is 5.89. The van der Waals surface area contributed by atoms with Crippen LogP contribution in [0.15, 0.2) is 0 Å². The third kappa shape index (κ3) is 14.0. The zero-order chi connectivity index (χ0) is 12.2. The van der Waals surface area contributed by atoms with Crippen LogP contribution in [0.3, 0.4) is 0 Å². The monoisotopic (exact) mass is 250 g/mol. The molecule has 0 aromatic carbocycles. The molecule has 84 valence electrons. The second-order valence-electron chi connectivity index (χ2n) is 2.62. The molecule has 4 N–H and O–H groups in total. The summed E-state index contributed by atoms with van der Waals surface area (Å²) in [5.41, 5.74) is 0. The van der Waals surface area contributed by atoms with Crippen molar-refractivity contribution in [1.29, 1.82) is 0 Å². The molecule has 8 nitrogen and oxygen atoms in total. The van der Waals surface area contributed by atoms with Crippen LogP contribution in [0.2, 0.25) is 0 Å². The molecular weight excluding hydrogens is 240 g/mol. The molecule has 0 aromatic heterocycles. The summed E-state index contributed by atoms with van der Waals surface area (Å²) in [4.78, 5) is 18.8. The average Bonchev–Trinajstić information content (AvgIpc) is 1.83. The van der Waals surface area contributed by atoms with E-state index in [1.807, 2.05) is 0 Å². The predicted octanol–water partition coefficient (Wildman–Crippen LogP) is -5.51. The number of hydrogen-bond acceptors (Lipinski definition) is 8. The van der Waals surface area contributed by atoms with E-state index in [0.29, 0.717) is 13.8 Å². The van der Waals surface area contributed by atoms with Crippen LogP contribution in [0, 0.1) is 0 Å². The van der Waals surface area contributed by atoms with Crippen molar-refractivity contribution in [3.05, 3.63) is 0 Å². The Labute approximate surface area is 115 Å². The summed E-state index contributed by atoms with van der Waals surface area (Å²) < 4.78 is 0. The van der Waals surface area contributed by atoms with Crippen molar-refractivity contribution in [2.45, 2.75) is 25.4 Å². The van der Waals surface area contributed by atoms with Crippen molar-refractivity contribution in [2.75, 3.05) is 0 Å². The molecule has 0 aliphatic heterocycles. The van der Waals surface area contributed by atoms with Crippen molar-refractivity contribution < 1.29 is 40.2 Å². The van der Waals surface area contributed by atoms with Crippen LogP contribution in [0.25, 0.3) is 0 Å². The fourth-order valence-corrected chi connectivity index (χ4v) is 0. The second-order valence-corrected chi connectivity index (χ2v) is 2.62. The number of rotatable bonds is 2. The molecule has 0 bridgehead atoms. The van der Waals surface area contributed by atoms with Crippen molar-refractivity contribution in [2.24, 2.45) is 0 Å². The Morgan fingerprint density at radius 1 is 0.867 bits per heavy atom. The molecule has 0 fully saturated rings. The van der Waals surface area contributed by atoms with Crippen LogP contribution in [0.5, 0.6) is 0 Å². The fraction of sp³-hybridized carbons (Fsp3) is 0.667. The number of aliphatic carboxylic acids is 2. The standard InChI is InChI=1S/2C3H6O4.Ca/c2*1-3(6,7)2(4)5;/h2*6-7H,1H3,(H,4,5);/q;;+2/p-2. The van der Waals surface area contributed by atoms with E-state index in [1.165, 1.54) is 0 Å². The van der Waals surface area contributed by atoms with E-state index in [-0.39, 0.29) is 37.7 Å². The number of carbonyl (C=O) groups excluding carboxylic acids is 2. The minimum absolute atomic E-state index is 0. The van der Waals surface area contributed by atoms with Crippen LogP contribution in [0.4, 0.5) is 0 Å². The molecule has 15 heavy (non-hydrogen) atoms. The molecule has 0 aliphatic carbocycles. The Hall–Kier alpha value is 0.0397. The Morgan fingerprint density at radius 3 is 0.933 bits per heavy atom. The Bertz CT molecular complexity index is 188. The van der Waals surface area contributed by atoms with Gasteiger partial charge in [-0.25, -0.2) is 0 Å². The Balaban J connectivity index is -0.000000180. The van der Waals surface area contributed by atoms with Crippen LogP contribution < -0.4 is 10.2 Å². The van der Waals surface area contributed by atoms with Crippen LogP contribution >= 0.6 is 0 Å². The van der Waals surface area contributed by atoms with Gasteiger partial charge < -0.3 is 40.2 Å². The molecule has 0 radical (unpaired) electrons. The van der Waals surface area contributed by atoms with Crippen molar-refractivity contribution in [3.8, 4) is 0 Å². The number of aliphatic hydroxyl groups is 4. The first-order valence-electron chi connectivity index (χ1n) is 3.21. The number of carbonyl (C=O) groups is 2. The number of carboxylic acids is 2. The van der Waals surface area contributed by atoms with Gasteiger partial charge in [-0.1, -0.05) is 0 Å². The largest absolute Gasteiger partial charge is 2.00 e. The molecule has 9 heteroatoms. The zero-order valence-corrected chi connectivity index (χ0v) is 10.3. The molecule has 0 rings (SSSR count). The normalized spacial score (nSPS) is 10.5. The maximum Gasteiger partial charge on any atom is 2.00 e. The van der Waals surface area contributed by atoms with Crippen LogP contribution in [-0.4, -0.2) is 81.7 Å². The third-order valence-corrected chi connectivity index (χ3v) is 0.773. The molecule has 0 heterocycles. The van der Waals surface area contributed by atoms with Gasteiger partial charge in [0.15, 0.2) is 0 Å². The molecule has 0 aromatic rings. The molecular formula is C6H10CaO8. The van der Waals surface area contributed by atoms with E-state index in [9.17, 15) is 19.8 Å². The number of hydrogen-bond donors (Lipinski definition) is 4. The van der Waals surface area contributed by atoms with E-state index < -0.39 is 23.5 Å². The van der Waals surface area contributed by atoms with E-state index in [0.717, 1.165) is 0 Å². The van der Waals surface area contributed by atoms with Gasteiger partial charge in [0.25, 0.3) is 0 Å². The van der Waals surface area contributed by atoms with Gasteiger partial charge in [-0.05, 0) is 13.8 Å². The number of carboxylic acid groups (broad SMARTS) is 2. The average molecular weight is 250 g/mol. The van der Waals surface area contributed by atoms with Gasteiger partial charge in [0.2, 0.25) is 11.6 Å². The van der Waals surface area contributed by atoms with Crippen molar-refractivity contribution >= 4 is 49.7 Å². The van der Waals surface area contributed by atoms with E-state index >= 15 is 0 Å². The van der Waals surface area contributed by atoms with Crippen molar-refractivity contribution in [1.82, 2.24) is 0 Å². The van der Waals surface area contributed by atoms with Gasteiger partial charge in [0.1, 0.15) is 0 Å². The minimum atomic E-state index is -2.69. The summed E-state index contributed by atoms with van der Waals surface area (Å²) in [5, 5.41) is 50.8. The zero-order valence-electron chi connectivity index (χ0n) is 8.13. The summed E-state index contributed by atoms with van der Waals surface area (Å²) in [7, 11) is 0. The maximum absolute atomic E-state index is 9.41. The van der Waals surface area contributed by atoms with E-state index in [1.54, 1.807) is 0 Å². The SMILES string of the molecule is CC(O)(O)C(=O)[O-].CC(O)(O)C(=O)[O-].[Ca+2]. The Morgan fingerprint density at radius 2 is 0.933 bits per heavy atom. The van der Waals surface area contributed by atoms with Gasteiger partial charge >= 0.3 is 37.7 Å². The van der Waals surface area contributed by atoms with Gasteiger partial charge in [0, 0.05) is 0 Å². The summed E-state index contributed by atoms with van der Waals surface area (Å²) in [6, 6.07) is 0. The predicted molar refractivity (Wildman–Crippen MR) is 41.5 cm³/mol. The smallest absolute Gasteiger partial charge is 0.544 e. The van der Waals surface area contributed by atoms with Crippen LogP contribution in [0.1, 0.15) is 13.8 Å². The summed E-state index contributed by atoms with van der Waals surface area (Å²) in [5.74, 6) is -9.18. The molecule has 0 unspecified atom stereocenters. The first kappa shape index (κ1) is 20.5. The summed E-state index contributed by atoms with van der Waals surface area (Å²) in [6.45, 7) is 1.42. The summed E-state index contributed by atoms with van der Waals surface area (Å²) >= 11 is 0. The first-order valence-corrected chi connectivity index (χ1v) is 3.21. The Kier molecular flexibility index (Phi) is 10.0. The van der Waals surface area contributed by atoms with Crippen molar-refractivity contribution in [3.63, 3.8) is 0 Å². The summed E-state index contributed by atoms with van der Waals surface area (Å²) in [6.07, 6.45) is 0.